The van der Waals surface area contributed by atoms with Crippen LogP contribution in [0.5, 0.6) is 0 Å². The number of nitro groups is 1. The predicted molar refractivity (Wildman–Crippen MR) is 101 cm³/mol. The summed E-state index contributed by atoms with van der Waals surface area (Å²) in [6.45, 7) is 1.85. The number of nitrogens with one attached hydrogen (secondary N) is 1. The molecule has 3 rings (SSSR count). The van der Waals surface area contributed by atoms with Gasteiger partial charge in [0.1, 0.15) is 5.56 Å². The van der Waals surface area contributed by atoms with Gasteiger partial charge in [-0.1, -0.05) is 66.7 Å². The number of hydrogen-bond acceptors (Lipinski definition) is 3. The summed E-state index contributed by atoms with van der Waals surface area (Å²) >= 11 is 0. The average Bonchev–Trinajstić information content (AvgIpc) is 2.68. The molecule has 0 fully saturated rings. The summed E-state index contributed by atoms with van der Waals surface area (Å²) in [5.41, 5.74) is 3.00. The first-order valence-electron chi connectivity index (χ1n) is 8.26. The van der Waals surface area contributed by atoms with E-state index in [-0.39, 0.29) is 17.3 Å². The molecule has 1 N–H and O–H groups in total. The van der Waals surface area contributed by atoms with Gasteiger partial charge in [-0.2, -0.15) is 0 Å². The Bertz CT molecular complexity index is 922. The number of benzene rings is 3. The van der Waals surface area contributed by atoms with E-state index in [1.165, 1.54) is 12.1 Å². The maximum Gasteiger partial charge on any atom is 0.282 e. The van der Waals surface area contributed by atoms with Gasteiger partial charge in [-0.25, -0.2) is 0 Å². The van der Waals surface area contributed by atoms with Crippen LogP contribution in [0.15, 0.2) is 78.9 Å². The number of amides is 1. The van der Waals surface area contributed by atoms with Crippen molar-refractivity contribution >= 4 is 11.6 Å². The van der Waals surface area contributed by atoms with Crippen LogP contribution in [0.4, 0.5) is 5.69 Å². The molecular formula is C21H18N2O3. The van der Waals surface area contributed by atoms with Crippen LogP contribution in [0.25, 0.3) is 11.1 Å². The molecule has 0 radical (unpaired) electrons. The Kier molecular flexibility index (Phi) is 5.08. The molecule has 0 unspecified atom stereocenters. The van der Waals surface area contributed by atoms with Crippen molar-refractivity contribution < 1.29 is 9.72 Å². The van der Waals surface area contributed by atoms with E-state index < -0.39 is 10.8 Å². The van der Waals surface area contributed by atoms with Crippen LogP contribution in [0.2, 0.25) is 0 Å². The fraction of sp³-hybridized carbons (Fsp3) is 0.0952. The molecule has 0 saturated heterocycles. The molecule has 0 aliphatic rings. The summed E-state index contributed by atoms with van der Waals surface area (Å²) in [6.07, 6.45) is 0. The summed E-state index contributed by atoms with van der Waals surface area (Å²) in [5, 5.41) is 13.9. The largest absolute Gasteiger partial charge is 0.345 e. The Hall–Kier alpha value is -3.47. The van der Waals surface area contributed by atoms with E-state index in [0.29, 0.717) is 0 Å². The Labute approximate surface area is 151 Å². The number of carbonyl (C=O) groups is 1. The topological polar surface area (TPSA) is 72.2 Å². The fourth-order valence-corrected chi connectivity index (χ4v) is 2.78. The van der Waals surface area contributed by atoms with Crippen molar-refractivity contribution in [1.29, 1.82) is 0 Å². The van der Waals surface area contributed by atoms with Crippen molar-refractivity contribution in [2.24, 2.45) is 0 Å². The lowest BCUT2D eigenvalue weighted by atomic mass is 10.0. The first-order chi connectivity index (χ1) is 12.6. The molecule has 0 bridgehead atoms. The van der Waals surface area contributed by atoms with E-state index >= 15 is 0 Å². The number of para-hydroxylation sites is 1. The lowest BCUT2D eigenvalue weighted by molar-refractivity contribution is -0.385. The van der Waals surface area contributed by atoms with Gasteiger partial charge < -0.3 is 5.32 Å². The van der Waals surface area contributed by atoms with Crippen LogP contribution >= 0.6 is 0 Å². The third-order valence-corrected chi connectivity index (χ3v) is 4.21. The number of rotatable bonds is 5. The quantitative estimate of drug-likeness (QED) is 0.535. The molecular weight excluding hydrogens is 328 g/mol. The van der Waals surface area contributed by atoms with Crippen LogP contribution in [0.1, 0.15) is 28.9 Å². The molecule has 26 heavy (non-hydrogen) atoms. The van der Waals surface area contributed by atoms with Crippen molar-refractivity contribution in [3.63, 3.8) is 0 Å². The van der Waals surface area contributed by atoms with Crippen molar-refractivity contribution in [3.8, 4) is 11.1 Å². The second kappa shape index (κ2) is 7.61. The SMILES string of the molecule is C[C@@H](NC(=O)c1ccccc1[N+](=O)[O-])c1ccc(-c2ccccc2)cc1. The zero-order chi connectivity index (χ0) is 18.5. The highest BCUT2D eigenvalue weighted by Gasteiger charge is 2.20. The van der Waals surface area contributed by atoms with Crippen molar-refractivity contribution in [1.82, 2.24) is 5.32 Å². The molecule has 0 aliphatic carbocycles. The molecule has 130 valence electrons. The van der Waals surface area contributed by atoms with Gasteiger partial charge in [0.05, 0.1) is 11.0 Å². The maximum absolute atomic E-state index is 12.4. The van der Waals surface area contributed by atoms with Gasteiger partial charge in [0.15, 0.2) is 0 Å². The molecule has 0 spiro atoms. The van der Waals surface area contributed by atoms with Crippen LogP contribution < -0.4 is 5.32 Å². The zero-order valence-electron chi connectivity index (χ0n) is 14.3. The molecule has 0 heterocycles. The van der Waals surface area contributed by atoms with Crippen molar-refractivity contribution in [3.05, 3.63) is 100 Å². The standard InChI is InChI=1S/C21H18N2O3/c1-15(22-21(24)19-9-5-6-10-20(19)23(25)26)16-11-13-18(14-12-16)17-7-3-2-4-8-17/h2-15H,1H3,(H,22,24)/t15-/m1/s1. The average molecular weight is 346 g/mol. The van der Waals surface area contributed by atoms with Gasteiger partial charge in [-0.05, 0) is 29.7 Å². The number of nitro benzene ring substituents is 1. The van der Waals surface area contributed by atoms with E-state index in [0.717, 1.165) is 16.7 Å². The summed E-state index contributed by atoms with van der Waals surface area (Å²) < 4.78 is 0. The van der Waals surface area contributed by atoms with Gasteiger partial charge >= 0.3 is 0 Å². The Morgan fingerprint density at radius 1 is 0.885 bits per heavy atom. The van der Waals surface area contributed by atoms with Crippen molar-refractivity contribution in [2.75, 3.05) is 0 Å². The van der Waals surface area contributed by atoms with Gasteiger partial charge in [0.2, 0.25) is 0 Å². The Balaban J connectivity index is 1.75. The molecule has 5 heteroatoms. The first-order valence-corrected chi connectivity index (χ1v) is 8.26. The summed E-state index contributed by atoms with van der Waals surface area (Å²) in [5.74, 6) is -0.461. The summed E-state index contributed by atoms with van der Waals surface area (Å²) in [4.78, 5) is 23.0. The molecule has 1 atom stereocenters. The third-order valence-electron chi connectivity index (χ3n) is 4.21. The predicted octanol–water partition coefficient (Wildman–Crippen LogP) is 4.75. The molecule has 0 aliphatic heterocycles. The summed E-state index contributed by atoms with van der Waals surface area (Å²) in [7, 11) is 0. The lowest BCUT2D eigenvalue weighted by Gasteiger charge is -2.15. The Morgan fingerprint density at radius 2 is 1.46 bits per heavy atom. The molecule has 3 aromatic rings. The van der Waals surface area contributed by atoms with E-state index in [4.69, 9.17) is 0 Å². The highest BCUT2D eigenvalue weighted by Crippen LogP contribution is 2.23. The molecule has 0 saturated carbocycles. The second-order valence-corrected chi connectivity index (χ2v) is 5.96. The third kappa shape index (κ3) is 3.78. The molecule has 0 aromatic heterocycles. The highest BCUT2D eigenvalue weighted by molar-refractivity contribution is 5.98. The van der Waals surface area contributed by atoms with Crippen LogP contribution in [0.3, 0.4) is 0 Å². The molecule has 1 amide bonds. The van der Waals surface area contributed by atoms with Crippen LogP contribution in [-0.2, 0) is 0 Å². The normalized spacial score (nSPS) is 11.6. The maximum atomic E-state index is 12.4. The van der Waals surface area contributed by atoms with Crippen molar-refractivity contribution in [2.45, 2.75) is 13.0 Å². The second-order valence-electron chi connectivity index (χ2n) is 5.96. The smallest absolute Gasteiger partial charge is 0.282 e. The van der Waals surface area contributed by atoms with E-state index in [1.807, 2.05) is 61.5 Å². The van der Waals surface area contributed by atoms with Gasteiger partial charge in [-0.3, -0.25) is 14.9 Å². The lowest BCUT2D eigenvalue weighted by Crippen LogP contribution is -2.27. The summed E-state index contributed by atoms with van der Waals surface area (Å²) in [6, 6.07) is 23.6. The van der Waals surface area contributed by atoms with Gasteiger partial charge in [0.25, 0.3) is 11.6 Å². The first kappa shape index (κ1) is 17.4. The fourth-order valence-electron chi connectivity index (χ4n) is 2.78. The van der Waals surface area contributed by atoms with Crippen LogP contribution in [-0.4, -0.2) is 10.8 Å². The van der Waals surface area contributed by atoms with E-state index in [9.17, 15) is 14.9 Å². The Morgan fingerprint density at radius 3 is 2.12 bits per heavy atom. The van der Waals surface area contributed by atoms with Gasteiger partial charge in [0, 0.05) is 6.07 Å². The van der Waals surface area contributed by atoms with Crippen LogP contribution in [0, 0.1) is 10.1 Å². The number of nitrogens with zero attached hydrogens (tertiary/aromatic N) is 1. The molecule has 5 nitrogen and oxygen atoms in total. The zero-order valence-corrected chi connectivity index (χ0v) is 14.3. The van der Waals surface area contributed by atoms with Gasteiger partial charge in [-0.15, -0.1) is 0 Å². The minimum Gasteiger partial charge on any atom is -0.345 e. The number of carbonyl (C=O) groups excluding carboxylic acids is 1. The van der Waals surface area contributed by atoms with E-state index in [1.54, 1.807) is 12.1 Å². The highest BCUT2D eigenvalue weighted by atomic mass is 16.6. The minimum atomic E-state index is -0.547. The van der Waals surface area contributed by atoms with E-state index in [2.05, 4.69) is 5.32 Å². The minimum absolute atomic E-state index is 0.0604. The number of hydrogen-bond donors (Lipinski definition) is 1. The molecule has 3 aromatic carbocycles. The monoisotopic (exact) mass is 346 g/mol.